The number of carbonyl (C=O) groups excluding carboxylic acids is 2. The molecule has 1 aliphatic heterocycles. The van der Waals surface area contributed by atoms with Crippen LogP contribution in [0.25, 0.3) is 22.3 Å². The van der Waals surface area contributed by atoms with Crippen molar-refractivity contribution in [1.29, 1.82) is 0 Å². The molecule has 244 valence electrons. The molecule has 4 N–H and O–H groups in total. The van der Waals surface area contributed by atoms with Crippen LogP contribution >= 0.6 is 11.6 Å². The van der Waals surface area contributed by atoms with Crippen LogP contribution in [0.5, 0.6) is 5.75 Å². The number of esters is 2. The molecule has 2 aromatic heterocycles. The summed E-state index contributed by atoms with van der Waals surface area (Å²) in [6, 6.07) is 12.8. The maximum absolute atomic E-state index is 13.6. The zero-order valence-electron chi connectivity index (χ0n) is 26.4. The number of rotatable bonds is 10. The van der Waals surface area contributed by atoms with Crippen LogP contribution in [0.15, 0.2) is 65.8 Å². The Morgan fingerprint density at radius 2 is 1.48 bits per heavy atom. The van der Waals surface area contributed by atoms with Crippen LogP contribution in [0, 0.1) is 11.8 Å². The van der Waals surface area contributed by atoms with E-state index in [0.717, 1.165) is 11.1 Å². The normalized spacial score (nSPS) is 17.8. The Labute approximate surface area is 271 Å². The zero-order valence-corrected chi connectivity index (χ0v) is 27.2. The van der Waals surface area contributed by atoms with Crippen molar-refractivity contribution in [3.63, 3.8) is 0 Å². The van der Waals surface area contributed by atoms with Gasteiger partial charge < -0.3 is 30.6 Å². The van der Waals surface area contributed by atoms with E-state index in [1.807, 2.05) is 44.7 Å². The predicted molar refractivity (Wildman–Crippen MR) is 175 cm³/mol. The fourth-order valence-corrected chi connectivity index (χ4v) is 5.34. The average Bonchev–Trinajstić information content (AvgIpc) is 3.65. The number of anilines is 1. The highest BCUT2D eigenvalue weighted by Gasteiger charge is 2.41. The van der Waals surface area contributed by atoms with Crippen molar-refractivity contribution in [2.45, 2.75) is 52.0 Å². The minimum Gasteiger partial charge on any atom is -0.495 e. The third kappa shape index (κ3) is 6.74. The van der Waals surface area contributed by atoms with Crippen LogP contribution in [-0.4, -0.2) is 70.6 Å². The molecule has 1 fully saturated rings. The van der Waals surface area contributed by atoms with E-state index in [9.17, 15) is 14.4 Å². The van der Waals surface area contributed by atoms with Gasteiger partial charge in [-0.05, 0) is 47.7 Å². The van der Waals surface area contributed by atoms with Crippen LogP contribution in [-0.2, 0) is 19.1 Å². The van der Waals surface area contributed by atoms with E-state index in [2.05, 4.69) is 5.10 Å². The summed E-state index contributed by atoms with van der Waals surface area (Å²) in [5.74, 6) is -0.978. The Hall–Kier alpha value is -4.39. The molecule has 0 aliphatic carbocycles. The summed E-state index contributed by atoms with van der Waals surface area (Å²) in [4.78, 5) is 41.1. The lowest BCUT2D eigenvalue weighted by Crippen LogP contribution is -2.45. The summed E-state index contributed by atoms with van der Waals surface area (Å²) in [5, 5.41) is 5.07. The second-order valence-corrected chi connectivity index (χ2v) is 12.6. The monoisotopic (exact) mass is 650 g/mol. The van der Waals surface area contributed by atoms with Crippen LogP contribution in [0.4, 0.5) is 5.69 Å². The number of hydrogen-bond donors (Lipinski definition) is 2. The maximum atomic E-state index is 13.6. The molecule has 4 aromatic rings. The Bertz CT molecular complexity index is 1750. The molecule has 0 saturated carbocycles. The maximum Gasteiger partial charge on any atom is 0.323 e. The van der Waals surface area contributed by atoms with E-state index in [4.69, 9.17) is 37.3 Å². The summed E-state index contributed by atoms with van der Waals surface area (Å²) < 4.78 is 20.3. The molecule has 1 saturated heterocycles. The molecule has 3 heterocycles. The van der Waals surface area contributed by atoms with Crippen molar-refractivity contribution >= 4 is 34.7 Å². The number of nitrogens with two attached hydrogens (primary N) is 2. The number of methoxy groups -OCH3 is 1. The molecule has 4 atom stereocenters. The molecule has 0 amide bonds. The topological polar surface area (TPSA) is 156 Å². The summed E-state index contributed by atoms with van der Waals surface area (Å²) in [5.41, 5.74) is 15.1. The fourth-order valence-electron chi connectivity index (χ4n) is 5.22. The fraction of sp³-hybridized carbons (Fsp3) is 0.394. The first-order chi connectivity index (χ1) is 21.9. The number of hydrogen-bond acceptors (Lipinski definition) is 10. The van der Waals surface area contributed by atoms with Crippen LogP contribution in [0.1, 0.15) is 27.7 Å². The summed E-state index contributed by atoms with van der Waals surface area (Å²) in [6.45, 7) is 7.73. The summed E-state index contributed by atoms with van der Waals surface area (Å²) in [6.07, 6.45) is 1.66. The second kappa shape index (κ2) is 13.5. The van der Waals surface area contributed by atoms with Gasteiger partial charge >= 0.3 is 11.9 Å². The molecular formula is C33H39ClN6O6. The van der Waals surface area contributed by atoms with Crippen LogP contribution < -0.4 is 26.7 Å². The highest BCUT2D eigenvalue weighted by Crippen LogP contribution is 2.34. The van der Waals surface area contributed by atoms with E-state index < -0.39 is 36.2 Å². The molecule has 13 heteroatoms. The first-order valence-corrected chi connectivity index (χ1v) is 15.5. The Morgan fingerprint density at radius 3 is 2.02 bits per heavy atom. The highest BCUT2D eigenvalue weighted by atomic mass is 35.5. The van der Waals surface area contributed by atoms with E-state index in [1.165, 1.54) is 22.5 Å². The Morgan fingerprint density at radius 1 is 0.891 bits per heavy atom. The summed E-state index contributed by atoms with van der Waals surface area (Å²) >= 11 is 6.03. The molecule has 46 heavy (non-hydrogen) atoms. The molecule has 1 aliphatic rings. The number of carbonyl (C=O) groups is 2. The second-order valence-electron chi connectivity index (χ2n) is 12.1. The molecule has 0 radical (unpaired) electrons. The lowest BCUT2D eigenvalue weighted by atomic mass is 10.1. The molecule has 0 unspecified atom stereocenters. The Kier molecular flexibility index (Phi) is 9.71. The standard InChI is InChI=1S/C33H39ClN6O6/c1-18(2)29(35)32(42)45-27-15-38(16-28(27)46-33(43)30(36)19(3)4)24-11-10-23(13-26(24)44-5)39-17-37-40-14-21(12-25(40)31(39)41)20-6-8-22(34)9-7-20/h6-14,17-19,27-30H,15-16,35-36H2,1-5H3/t27-,28+,29-,30-/m0/s1. The first kappa shape index (κ1) is 33.0. The lowest BCUT2D eigenvalue weighted by Gasteiger charge is -2.24. The van der Waals surface area contributed by atoms with Gasteiger partial charge in [0.25, 0.3) is 5.56 Å². The SMILES string of the molecule is COc1cc(-n2cnn3cc(-c4ccc(Cl)cc4)cc3c2=O)ccc1N1C[C@H](OC(=O)[C@@H](N)C(C)C)[C@H](OC(=O)[C@@H](N)C(C)C)C1. The minimum atomic E-state index is -0.829. The van der Waals surface area contributed by atoms with Gasteiger partial charge in [-0.15, -0.1) is 0 Å². The van der Waals surface area contributed by atoms with Gasteiger partial charge in [0, 0.05) is 22.8 Å². The van der Waals surface area contributed by atoms with Gasteiger partial charge in [-0.2, -0.15) is 5.10 Å². The van der Waals surface area contributed by atoms with Crippen LogP contribution in [0.2, 0.25) is 5.02 Å². The zero-order chi connectivity index (χ0) is 33.3. The largest absolute Gasteiger partial charge is 0.495 e. The van der Waals surface area contributed by atoms with Crippen molar-refractivity contribution in [2.75, 3.05) is 25.1 Å². The minimum absolute atomic E-state index is 0.138. The quantitative estimate of drug-likeness (QED) is 0.244. The number of fused-ring (bicyclic) bond motifs is 1. The third-order valence-corrected chi connectivity index (χ3v) is 8.47. The lowest BCUT2D eigenvalue weighted by molar-refractivity contribution is -0.166. The van der Waals surface area contributed by atoms with Crippen molar-refractivity contribution in [3.8, 4) is 22.6 Å². The number of ether oxygens (including phenoxy) is 3. The average molecular weight is 651 g/mol. The van der Waals surface area contributed by atoms with E-state index in [1.54, 1.807) is 42.6 Å². The van der Waals surface area contributed by atoms with Gasteiger partial charge in [0.1, 0.15) is 29.7 Å². The van der Waals surface area contributed by atoms with Crippen molar-refractivity contribution in [1.82, 2.24) is 14.2 Å². The first-order valence-electron chi connectivity index (χ1n) is 15.1. The number of benzene rings is 2. The number of halogens is 1. The van der Waals surface area contributed by atoms with Gasteiger partial charge in [0.15, 0.2) is 12.2 Å². The van der Waals surface area contributed by atoms with E-state index in [-0.39, 0.29) is 30.5 Å². The van der Waals surface area contributed by atoms with Gasteiger partial charge in [-0.3, -0.25) is 19.0 Å². The van der Waals surface area contributed by atoms with Gasteiger partial charge in [0.2, 0.25) is 0 Å². The molecule has 2 aromatic carbocycles. The van der Waals surface area contributed by atoms with Crippen molar-refractivity contribution in [2.24, 2.45) is 23.3 Å². The van der Waals surface area contributed by atoms with E-state index >= 15 is 0 Å². The van der Waals surface area contributed by atoms with Crippen molar-refractivity contribution in [3.05, 3.63) is 76.4 Å². The molecule has 0 bridgehead atoms. The van der Waals surface area contributed by atoms with Gasteiger partial charge in [-0.25, -0.2) is 4.52 Å². The van der Waals surface area contributed by atoms with Gasteiger partial charge in [-0.1, -0.05) is 51.4 Å². The predicted octanol–water partition coefficient (Wildman–Crippen LogP) is 3.42. The smallest absolute Gasteiger partial charge is 0.323 e. The Balaban J connectivity index is 1.43. The molecule has 0 spiro atoms. The molecule has 5 rings (SSSR count). The molecule has 12 nitrogen and oxygen atoms in total. The third-order valence-electron chi connectivity index (χ3n) is 8.22. The van der Waals surface area contributed by atoms with Crippen LogP contribution in [0.3, 0.4) is 0 Å². The molecular weight excluding hydrogens is 612 g/mol. The van der Waals surface area contributed by atoms with E-state index in [0.29, 0.717) is 27.7 Å². The van der Waals surface area contributed by atoms with Gasteiger partial charge in [0.05, 0.1) is 31.6 Å². The summed E-state index contributed by atoms with van der Waals surface area (Å²) in [7, 11) is 1.52. The highest BCUT2D eigenvalue weighted by molar-refractivity contribution is 6.30. The number of aromatic nitrogens is 3. The number of nitrogens with zero attached hydrogens (tertiary/aromatic N) is 4. The van der Waals surface area contributed by atoms with Crippen molar-refractivity contribution < 1.29 is 23.8 Å².